The van der Waals surface area contributed by atoms with Crippen LogP contribution in [0.3, 0.4) is 0 Å². The van der Waals surface area contributed by atoms with Gasteiger partial charge in [-0.05, 0) is 49.9 Å². The maximum atomic E-state index is 10.9. The normalized spacial score (nSPS) is 12.5. The Kier molecular flexibility index (Phi) is 4.55. The summed E-state index contributed by atoms with van der Waals surface area (Å²) in [6.45, 7) is 8.34. The third kappa shape index (κ3) is 4.10. The van der Waals surface area contributed by atoms with Crippen molar-refractivity contribution in [2.24, 2.45) is 5.92 Å². The molecule has 1 atom stereocenters. The molecule has 3 heteroatoms. The topological polar surface area (TPSA) is 49.3 Å². The first-order valence-corrected chi connectivity index (χ1v) is 6.00. The number of anilines is 1. The van der Waals surface area contributed by atoms with Crippen LogP contribution in [0, 0.1) is 12.8 Å². The average molecular weight is 235 g/mol. The predicted molar refractivity (Wildman–Crippen MR) is 70.7 cm³/mol. The van der Waals surface area contributed by atoms with E-state index < -0.39 is 5.97 Å². The van der Waals surface area contributed by atoms with Crippen LogP contribution in [-0.4, -0.2) is 17.1 Å². The second-order valence-corrected chi connectivity index (χ2v) is 5.01. The van der Waals surface area contributed by atoms with Crippen molar-refractivity contribution in [3.05, 3.63) is 29.3 Å². The minimum Gasteiger partial charge on any atom is -0.478 e. The van der Waals surface area contributed by atoms with Crippen molar-refractivity contribution in [1.82, 2.24) is 0 Å². The molecule has 0 saturated heterocycles. The van der Waals surface area contributed by atoms with E-state index in [1.165, 1.54) is 0 Å². The minimum atomic E-state index is -0.871. The van der Waals surface area contributed by atoms with Crippen LogP contribution in [0.4, 0.5) is 5.69 Å². The lowest BCUT2D eigenvalue weighted by atomic mass is 10.0. The van der Waals surface area contributed by atoms with Gasteiger partial charge in [-0.1, -0.05) is 13.8 Å². The molecule has 0 fully saturated rings. The summed E-state index contributed by atoms with van der Waals surface area (Å²) in [6.07, 6.45) is 1.10. The molecular weight excluding hydrogens is 214 g/mol. The molecule has 1 aromatic carbocycles. The quantitative estimate of drug-likeness (QED) is 0.820. The Labute approximate surface area is 103 Å². The van der Waals surface area contributed by atoms with Crippen molar-refractivity contribution in [1.29, 1.82) is 0 Å². The van der Waals surface area contributed by atoms with Gasteiger partial charge in [-0.25, -0.2) is 4.79 Å². The highest BCUT2D eigenvalue weighted by molar-refractivity contribution is 5.89. The molecule has 1 rings (SSSR count). The monoisotopic (exact) mass is 235 g/mol. The summed E-state index contributed by atoms with van der Waals surface area (Å²) in [5, 5.41) is 12.3. The van der Waals surface area contributed by atoms with E-state index in [0.717, 1.165) is 17.7 Å². The van der Waals surface area contributed by atoms with Crippen LogP contribution in [-0.2, 0) is 0 Å². The highest BCUT2D eigenvalue weighted by Gasteiger charge is 2.09. The summed E-state index contributed by atoms with van der Waals surface area (Å²) >= 11 is 0. The van der Waals surface area contributed by atoms with Crippen molar-refractivity contribution in [2.75, 3.05) is 5.32 Å². The van der Waals surface area contributed by atoms with Crippen LogP contribution in [0.2, 0.25) is 0 Å². The summed E-state index contributed by atoms with van der Waals surface area (Å²) in [7, 11) is 0. The first-order chi connectivity index (χ1) is 7.90. The fourth-order valence-corrected chi connectivity index (χ4v) is 2.04. The number of rotatable bonds is 5. The van der Waals surface area contributed by atoms with Gasteiger partial charge in [0.2, 0.25) is 0 Å². The van der Waals surface area contributed by atoms with E-state index in [2.05, 4.69) is 26.1 Å². The van der Waals surface area contributed by atoms with Gasteiger partial charge in [0.25, 0.3) is 0 Å². The molecule has 0 aliphatic heterocycles. The summed E-state index contributed by atoms with van der Waals surface area (Å²) in [5.74, 6) is -0.221. The maximum absolute atomic E-state index is 10.9. The van der Waals surface area contributed by atoms with Crippen molar-refractivity contribution < 1.29 is 9.90 Å². The van der Waals surface area contributed by atoms with Crippen molar-refractivity contribution in [3.8, 4) is 0 Å². The fraction of sp³-hybridized carbons (Fsp3) is 0.500. The van der Waals surface area contributed by atoms with E-state index in [1.807, 2.05) is 19.1 Å². The molecular formula is C14H21NO2. The number of aryl methyl sites for hydroxylation is 1. The Morgan fingerprint density at radius 1 is 1.35 bits per heavy atom. The Hall–Kier alpha value is -1.51. The lowest BCUT2D eigenvalue weighted by Crippen LogP contribution is -2.17. The molecule has 2 N–H and O–H groups in total. The standard InChI is InChI=1S/C14H21NO2/c1-9(2)7-11(4)15-12-5-6-13(14(16)17)10(3)8-12/h5-6,8-9,11,15H,7H2,1-4H3,(H,16,17). The van der Waals surface area contributed by atoms with Crippen molar-refractivity contribution in [3.63, 3.8) is 0 Å². The summed E-state index contributed by atoms with van der Waals surface area (Å²) < 4.78 is 0. The van der Waals surface area contributed by atoms with Gasteiger partial charge in [-0.15, -0.1) is 0 Å². The van der Waals surface area contributed by atoms with Gasteiger partial charge < -0.3 is 10.4 Å². The molecule has 0 radical (unpaired) electrons. The highest BCUT2D eigenvalue weighted by atomic mass is 16.4. The van der Waals surface area contributed by atoms with Crippen LogP contribution in [0.5, 0.6) is 0 Å². The summed E-state index contributed by atoms with van der Waals surface area (Å²) in [5.41, 5.74) is 2.15. The highest BCUT2D eigenvalue weighted by Crippen LogP contribution is 2.17. The largest absolute Gasteiger partial charge is 0.478 e. The SMILES string of the molecule is Cc1cc(NC(C)CC(C)C)ccc1C(=O)O. The third-order valence-corrected chi connectivity index (χ3v) is 2.69. The smallest absolute Gasteiger partial charge is 0.335 e. The first-order valence-electron chi connectivity index (χ1n) is 6.00. The molecule has 0 amide bonds. The summed E-state index contributed by atoms with van der Waals surface area (Å²) in [4.78, 5) is 10.9. The van der Waals surface area contributed by atoms with Crippen LogP contribution in [0.1, 0.15) is 43.1 Å². The number of aromatic carboxylic acids is 1. The number of nitrogens with one attached hydrogen (secondary N) is 1. The number of benzene rings is 1. The van der Waals surface area contributed by atoms with Gasteiger partial charge >= 0.3 is 5.97 Å². The zero-order valence-corrected chi connectivity index (χ0v) is 10.9. The lowest BCUT2D eigenvalue weighted by Gasteiger charge is -2.17. The van der Waals surface area contributed by atoms with E-state index in [1.54, 1.807) is 6.07 Å². The molecule has 0 aliphatic rings. The first kappa shape index (κ1) is 13.6. The average Bonchev–Trinajstić information content (AvgIpc) is 2.15. The molecule has 94 valence electrons. The maximum Gasteiger partial charge on any atom is 0.335 e. The third-order valence-electron chi connectivity index (χ3n) is 2.69. The fourth-order valence-electron chi connectivity index (χ4n) is 2.04. The van der Waals surface area contributed by atoms with Gasteiger partial charge in [0.05, 0.1) is 5.56 Å². The van der Waals surface area contributed by atoms with E-state index in [0.29, 0.717) is 17.5 Å². The lowest BCUT2D eigenvalue weighted by molar-refractivity contribution is 0.0696. The van der Waals surface area contributed by atoms with E-state index in [4.69, 9.17) is 5.11 Å². The minimum absolute atomic E-state index is 0.368. The van der Waals surface area contributed by atoms with E-state index in [9.17, 15) is 4.79 Å². The molecule has 17 heavy (non-hydrogen) atoms. The molecule has 0 saturated carbocycles. The Morgan fingerprint density at radius 3 is 2.47 bits per heavy atom. The van der Waals surface area contributed by atoms with Gasteiger partial charge in [-0.2, -0.15) is 0 Å². The van der Waals surface area contributed by atoms with Gasteiger partial charge in [0, 0.05) is 11.7 Å². The molecule has 0 aromatic heterocycles. The van der Waals surface area contributed by atoms with Crippen molar-refractivity contribution >= 4 is 11.7 Å². The van der Waals surface area contributed by atoms with Gasteiger partial charge in [0.15, 0.2) is 0 Å². The Bertz CT molecular complexity index is 399. The molecule has 1 unspecified atom stereocenters. The van der Waals surface area contributed by atoms with Gasteiger partial charge in [-0.3, -0.25) is 0 Å². The van der Waals surface area contributed by atoms with E-state index >= 15 is 0 Å². The second kappa shape index (κ2) is 5.71. The number of hydrogen-bond donors (Lipinski definition) is 2. The van der Waals surface area contributed by atoms with Crippen LogP contribution in [0.15, 0.2) is 18.2 Å². The molecule has 0 spiro atoms. The van der Waals surface area contributed by atoms with Crippen LogP contribution < -0.4 is 5.32 Å². The number of carbonyl (C=O) groups is 1. The molecule has 3 nitrogen and oxygen atoms in total. The second-order valence-electron chi connectivity index (χ2n) is 5.01. The number of carboxylic acid groups (broad SMARTS) is 1. The van der Waals surface area contributed by atoms with E-state index in [-0.39, 0.29) is 0 Å². The molecule has 0 aliphatic carbocycles. The number of hydrogen-bond acceptors (Lipinski definition) is 2. The van der Waals surface area contributed by atoms with Crippen molar-refractivity contribution in [2.45, 2.75) is 40.2 Å². The molecule has 0 heterocycles. The predicted octanol–water partition coefficient (Wildman–Crippen LogP) is 3.54. The zero-order chi connectivity index (χ0) is 13.0. The van der Waals surface area contributed by atoms with Crippen LogP contribution in [0.25, 0.3) is 0 Å². The Morgan fingerprint density at radius 2 is 2.00 bits per heavy atom. The van der Waals surface area contributed by atoms with Crippen LogP contribution >= 0.6 is 0 Å². The Balaban J connectivity index is 2.74. The summed E-state index contributed by atoms with van der Waals surface area (Å²) in [6, 6.07) is 5.76. The zero-order valence-electron chi connectivity index (χ0n) is 10.9. The van der Waals surface area contributed by atoms with Gasteiger partial charge in [0.1, 0.15) is 0 Å². The number of carboxylic acids is 1. The molecule has 0 bridgehead atoms. The molecule has 1 aromatic rings.